The van der Waals surface area contributed by atoms with Crippen molar-refractivity contribution in [1.82, 2.24) is 9.88 Å². The molecule has 2 aromatic rings. The first-order valence-electron chi connectivity index (χ1n) is 7.04. The van der Waals surface area contributed by atoms with Crippen molar-refractivity contribution in [2.75, 3.05) is 19.5 Å². The van der Waals surface area contributed by atoms with Crippen molar-refractivity contribution >= 4 is 23.1 Å². The van der Waals surface area contributed by atoms with Gasteiger partial charge in [-0.1, -0.05) is 0 Å². The van der Waals surface area contributed by atoms with Crippen LogP contribution in [0.5, 0.6) is 5.75 Å². The predicted octanol–water partition coefficient (Wildman–Crippen LogP) is 3.99. The SMILES string of the molecule is COc1ccc(NC(=O)N(C)[C@H](C)c2sc(C)nc2C)cc1. The lowest BCUT2D eigenvalue weighted by molar-refractivity contribution is 0.209. The first-order valence-corrected chi connectivity index (χ1v) is 7.85. The number of nitrogens with one attached hydrogen (secondary N) is 1. The summed E-state index contributed by atoms with van der Waals surface area (Å²) in [5.41, 5.74) is 1.72. The van der Waals surface area contributed by atoms with E-state index in [-0.39, 0.29) is 12.1 Å². The molecule has 0 aliphatic carbocycles. The Morgan fingerprint density at radius 3 is 2.45 bits per heavy atom. The van der Waals surface area contributed by atoms with Crippen molar-refractivity contribution in [2.45, 2.75) is 26.8 Å². The second-order valence-electron chi connectivity index (χ2n) is 5.13. The van der Waals surface area contributed by atoms with Crippen LogP contribution in [0.3, 0.4) is 0 Å². The van der Waals surface area contributed by atoms with Gasteiger partial charge < -0.3 is 15.0 Å². The maximum absolute atomic E-state index is 12.4. The molecule has 5 nitrogen and oxygen atoms in total. The van der Waals surface area contributed by atoms with E-state index in [4.69, 9.17) is 4.74 Å². The number of urea groups is 1. The molecule has 0 aliphatic rings. The molecule has 0 saturated carbocycles. The van der Waals surface area contributed by atoms with Gasteiger partial charge in [0.15, 0.2) is 0 Å². The second-order valence-corrected chi connectivity index (χ2v) is 6.36. The van der Waals surface area contributed by atoms with E-state index < -0.39 is 0 Å². The van der Waals surface area contributed by atoms with Gasteiger partial charge in [0.25, 0.3) is 0 Å². The highest BCUT2D eigenvalue weighted by atomic mass is 32.1. The Labute approximate surface area is 134 Å². The molecule has 1 atom stereocenters. The summed E-state index contributed by atoms with van der Waals surface area (Å²) in [6, 6.07) is 7.09. The number of aromatic nitrogens is 1. The molecule has 0 spiro atoms. The van der Waals surface area contributed by atoms with E-state index in [2.05, 4.69) is 10.3 Å². The van der Waals surface area contributed by atoms with Gasteiger partial charge in [-0.25, -0.2) is 9.78 Å². The molecule has 2 amide bonds. The number of amides is 2. The van der Waals surface area contributed by atoms with Crippen molar-refractivity contribution in [1.29, 1.82) is 0 Å². The lowest BCUT2D eigenvalue weighted by atomic mass is 10.2. The summed E-state index contributed by atoms with van der Waals surface area (Å²) < 4.78 is 5.10. The summed E-state index contributed by atoms with van der Waals surface area (Å²) >= 11 is 1.63. The number of carbonyl (C=O) groups is 1. The number of ether oxygens (including phenoxy) is 1. The highest BCUT2D eigenvalue weighted by Gasteiger charge is 2.21. The van der Waals surface area contributed by atoms with Crippen molar-refractivity contribution in [3.05, 3.63) is 39.8 Å². The fourth-order valence-electron chi connectivity index (χ4n) is 2.17. The van der Waals surface area contributed by atoms with Crippen molar-refractivity contribution in [2.24, 2.45) is 0 Å². The van der Waals surface area contributed by atoms with Gasteiger partial charge in [0.05, 0.1) is 23.9 Å². The minimum Gasteiger partial charge on any atom is -0.497 e. The number of hydrogen-bond acceptors (Lipinski definition) is 4. The van der Waals surface area contributed by atoms with Gasteiger partial charge in [0, 0.05) is 17.6 Å². The zero-order chi connectivity index (χ0) is 16.3. The number of methoxy groups -OCH3 is 1. The Bertz CT molecular complexity index is 652. The minimum absolute atomic E-state index is 0.0237. The molecular weight excluding hydrogens is 298 g/mol. The van der Waals surface area contributed by atoms with E-state index in [0.717, 1.165) is 27.0 Å². The third-order valence-corrected chi connectivity index (χ3v) is 4.80. The van der Waals surface area contributed by atoms with Gasteiger partial charge in [-0.2, -0.15) is 0 Å². The molecule has 1 heterocycles. The minimum atomic E-state index is -0.150. The van der Waals surface area contributed by atoms with Gasteiger partial charge in [-0.3, -0.25) is 0 Å². The highest BCUT2D eigenvalue weighted by Crippen LogP contribution is 2.28. The maximum Gasteiger partial charge on any atom is 0.322 e. The van der Waals surface area contributed by atoms with Crippen LogP contribution in [-0.2, 0) is 0 Å². The number of nitrogens with zero attached hydrogens (tertiary/aromatic N) is 2. The number of anilines is 1. The number of hydrogen-bond donors (Lipinski definition) is 1. The van der Waals surface area contributed by atoms with E-state index in [9.17, 15) is 4.79 Å². The van der Waals surface area contributed by atoms with E-state index in [1.165, 1.54) is 0 Å². The standard InChI is InChI=1S/C16H21N3O2S/c1-10-15(22-12(3)17-10)11(2)19(4)16(20)18-13-6-8-14(21-5)9-7-13/h6-9,11H,1-5H3,(H,18,20)/t11-/m1/s1. The third kappa shape index (κ3) is 3.57. The normalized spacial score (nSPS) is 11.9. The lowest BCUT2D eigenvalue weighted by Crippen LogP contribution is -2.33. The first-order chi connectivity index (χ1) is 10.4. The van der Waals surface area contributed by atoms with Gasteiger partial charge >= 0.3 is 6.03 Å². The predicted molar refractivity (Wildman–Crippen MR) is 89.8 cm³/mol. The molecule has 118 valence electrons. The van der Waals surface area contributed by atoms with Crippen LogP contribution in [0.1, 0.15) is 28.5 Å². The Morgan fingerprint density at radius 2 is 1.95 bits per heavy atom. The molecule has 1 aromatic heterocycles. The van der Waals surface area contributed by atoms with E-state index >= 15 is 0 Å². The van der Waals surface area contributed by atoms with Crippen molar-refractivity contribution in [3.63, 3.8) is 0 Å². The summed E-state index contributed by atoms with van der Waals surface area (Å²) in [5.74, 6) is 0.760. The Hall–Kier alpha value is -2.08. The highest BCUT2D eigenvalue weighted by molar-refractivity contribution is 7.11. The fourth-order valence-corrected chi connectivity index (χ4v) is 3.20. The molecule has 1 N–H and O–H groups in total. The number of rotatable bonds is 4. The van der Waals surface area contributed by atoms with E-state index in [0.29, 0.717) is 0 Å². The third-order valence-electron chi connectivity index (χ3n) is 3.56. The molecule has 22 heavy (non-hydrogen) atoms. The Kier molecular flexibility index (Phi) is 5.03. The molecular formula is C16H21N3O2S. The largest absolute Gasteiger partial charge is 0.497 e. The number of aryl methyl sites for hydroxylation is 2. The van der Waals surface area contributed by atoms with Crippen LogP contribution >= 0.6 is 11.3 Å². The number of carbonyl (C=O) groups excluding carboxylic acids is 1. The molecule has 0 fully saturated rings. The molecule has 0 saturated heterocycles. The summed E-state index contributed by atoms with van der Waals surface area (Å²) in [7, 11) is 3.40. The number of benzene rings is 1. The fraction of sp³-hybridized carbons (Fsp3) is 0.375. The quantitative estimate of drug-likeness (QED) is 0.927. The topological polar surface area (TPSA) is 54.5 Å². The Balaban J connectivity index is 2.06. The van der Waals surface area contributed by atoms with Crippen LogP contribution in [0.15, 0.2) is 24.3 Å². The second kappa shape index (κ2) is 6.79. The van der Waals surface area contributed by atoms with Crippen molar-refractivity contribution < 1.29 is 9.53 Å². The number of thiazole rings is 1. The van der Waals surface area contributed by atoms with Crippen LogP contribution in [-0.4, -0.2) is 30.1 Å². The average Bonchev–Trinajstić information content (AvgIpc) is 2.85. The molecule has 0 aliphatic heterocycles. The summed E-state index contributed by atoms with van der Waals surface area (Å²) in [6.45, 7) is 5.96. The summed E-state index contributed by atoms with van der Waals surface area (Å²) in [5, 5.41) is 3.90. The lowest BCUT2D eigenvalue weighted by Gasteiger charge is -2.24. The zero-order valence-corrected chi connectivity index (χ0v) is 14.3. The van der Waals surface area contributed by atoms with Gasteiger partial charge in [0.1, 0.15) is 5.75 Å². The van der Waals surface area contributed by atoms with Crippen LogP contribution in [0.25, 0.3) is 0 Å². The zero-order valence-electron chi connectivity index (χ0n) is 13.5. The molecule has 0 radical (unpaired) electrons. The van der Waals surface area contributed by atoms with Gasteiger partial charge in [-0.05, 0) is 45.0 Å². The van der Waals surface area contributed by atoms with Gasteiger partial charge in [0.2, 0.25) is 0 Å². The summed E-state index contributed by atoms with van der Waals surface area (Å²) in [6.07, 6.45) is 0. The summed E-state index contributed by atoms with van der Waals surface area (Å²) in [4.78, 5) is 19.6. The van der Waals surface area contributed by atoms with Gasteiger partial charge in [-0.15, -0.1) is 11.3 Å². The van der Waals surface area contributed by atoms with E-state index in [1.54, 1.807) is 30.4 Å². The van der Waals surface area contributed by atoms with Crippen LogP contribution < -0.4 is 10.1 Å². The van der Waals surface area contributed by atoms with Crippen LogP contribution in [0.4, 0.5) is 10.5 Å². The van der Waals surface area contributed by atoms with E-state index in [1.807, 2.05) is 45.0 Å². The Morgan fingerprint density at radius 1 is 1.32 bits per heavy atom. The smallest absolute Gasteiger partial charge is 0.322 e. The van der Waals surface area contributed by atoms with Crippen LogP contribution in [0.2, 0.25) is 0 Å². The molecule has 6 heteroatoms. The average molecular weight is 319 g/mol. The molecule has 0 bridgehead atoms. The van der Waals surface area contributed by atoms with Crippen LogP contribution in [0, 0.1) is 13.8 Å². The maximum atomic E-state index is 12.4. The first kappa shape index (κ1) is 16.3. The molecule has 2 rings (SSSR count). The molecule has 0 unspecified atom stereocenters. The molecule has 1 aromatic carbocycles. The monoisotopic (exact) mass is 319 g/mol. The van der Waals surface area contributed by atoms with Crippen molar-refractivity contribution in [3.8, 4) is 5.75 Å².